The molecule has 1 aromatic rings. The largest absolute Gasteiger partial charge is 0.451 e. The molecule has 128 valence electrons. The standard InChI is InChI=1S/C13H21BN2O6S/c1-13(15,8-2-3-9-14(17)18)10-23(21,22)12-6-4-11(5-7-12)16(19)20/h4-7,17-18H,2-3,8-10,15H2,1H3. The first-order chi connectivity index (χ1) is 10.5. The van der Waals surface area contributed by atoms with Crippen LogP contribution in [-0.2, 0) is 9.84 Å². The van der Waals surface area contributed by atoms with E-state index in [4.69, 9.17) is 15.8 Å². The van der Waals surface area contributed by atoms with E-state index >= 15 is 0 Å². The van der Waals surface area contributed by atoms with Crippen molar-refractivity contribution in [3.63, 3.8) is 0 Å². The molecule has 0 bridgehead atoms. The quantitative estimate of drug-likeness (QED) is 0.259. The van der Waals surface area contributed by atoms with Crippen LogP contribution in [0.2, 0.25) is 6.32 Å². The lowest BCUT2D eigenvalue weighted by Crippen LogP contribution is -2.43. The van der Waals surface area contributed by atoms with Gasteiger partial charge in [-0.3, -0.25) is 10.1 Å². The average molecular weight is 344 g/mol. The second-order valence-corrected chi connectivity index (χ2v) is 7.88. The van der Waals surface area contributed by atoms with Gasteiger partial charge in [0.1, 0.15) is 0 Å². The summed E-state index contributed by atoms with van der Waals surface area (Å²) in [5.74, 6) is -0.292. The zero-order valence-electron chi connectivity index (χ0n) is 12.9. The van der Waals surface area contributed by atoms with Gasteiger partial charge in [0.2, 0.25) is 0 Å². The van der Waals surface area contributed by atoms with Crippen LogP contribution in [0.15, 0.2) is 29.2 Å². The highest BCUT2D eigenvalue weighted by molar-refractivity contribution is 7.91. The van der Waals surface area contributed by atoms with Gasteiger partial charge in [0, 0.05) is 17.7 Å². The van der Waals surface area contributed by atoms with E-state index in [1.807, 2.05) is 0 Å². The number of hydrogen-bond donors (Lipinski definition) is 3. The lowest BCUT2D eigenvalue weighted by atomic mass is 9.82. The lowest BCUT2D eigenvalue weighted by molar-refractivity contribution is -0.384. The minimum Gasteiger partial charge on any atom is -0.427 e. The summed E-state index contributed by atoms with van der Waals surface area (Å²) in [6.07, 6.45) is 1.72. The first-order valence-electron chi connectivity index (χ1n) is 7.16. The van der Waals surface area contributed by atoms with Crippen LogP contribution in [0.3, 0.4) is 0 Å². The van der Waals surface area contributed by atoms with Crippen LogP contribution in [-0.4, -0.2) is 41.8 Å². The molecule has 0 spiro atoms. The second-order valence-electron chi connectivity index (χ2n) is 5.89. The van der Waals surface area contributed by atoms with Crippen LogP contribution in [0, 0.1) is 10.1 Å². The predicted octanol–water partition coefficient (Wildman–Crippen LogP) is 0.729. The van der Waals surface area contributed by atoms with Crippen molar-refractivity contribution in [3.8, 4) is 0 Å². The zero-order chi connectivity index (χ0) is 17.7. The number of nitro benzene ring substituents is 1. The molecule has 4 N–H and O–H groups in total. The van der Waals surface area contributed by atoms with Crippen LogP contribution < -0.4 is 5.73 Å². The predicted molar refractivity (Wildman–Crippen MR) is 86.6 cm³/mol. The number of unbranched alkanes of at least 4 members (excludes halogenated alkanes) is 1. The summed E-state index contributed by atoms with van der Waals surface area (Å²) in [6.45, 7) is 1.62. The van der Waals surface area contributed by atoms with Gasteiger partial charge in [-0.2, -0.15) is 0 Å². The molecule has 0 saturated heterocycles. The van der Waals surface area contributed by atoms with Crippen molar-refractivity contribution >= 4 is 22.6 Å². The van der Waals surface area contributed by atoms with Gasteiger partial charge >= 0.3 is 7.12 Å². The molecule has 0 fully saturated rings. The molecule has 0 heterocycles. The van der Waals surface area contributed by atoms with Gasteiger partial charge in [-0.25, -0.2) is 8.42 Å². The lowest BCUT2D eigenvalue weighted by Gasteiger charge is -2.24. The van der Waals surface area contributed by atoms with E-state index in [1.54, 1.807) is 6.92 Å². The number of nitro groups is 1. The van der Waals surface area contributed by atoms with Crippen molar-refractivity contribution in [3.05, 3.63) is 34.4 Å². The molecule has 8 nitrogen and oxygen atoms in total. The molecule has 0 aromatic heterocycles. The summed E-state index contributed by atoms with van der Waals surface area (Å²) < 4.78 is 24.7. The number of sulfone groups is 1. The third-order valence-corrected chi connectivity index (χ3v) is 5.42. The van der Waals surface area contributed by atoms with Crippen LogP contribution in [0.4, 0.5) is 5.69 Å². The van der Waals surface area contributed by atoms with Crippen molar-refractivity contribution < 1.29 is 23.4 Å². The summed E-state index contributed by atoms with van der Waals surface area (Å²) >= 11 is 0. The number of rotatable bonds is 9. The van der Waals surface area contributed by atoms with Gasteiger partial charge in [0.05, 0.1) is 15.6 Å². The first-order valence-corrected chi connectivity index (χ1v) is 8.81. The Bertz CT molecular complexity index is 630. The fraction of sp³-hybridized carbons (Fsp3) is 0.538. The van der Waals surface area contributed by atoms with E-state index in [1.165, 1.54) is 12.1 Å². The van der Waals surface area contributed by atoms with Gasteiger partial charge in [0.25, 0.3) is 5.69 Å². The Morgan fingerprint density at radius 3 is 2.30 bits per heavy atom. The van der Waals surface area contributed by atoms with Crippen molar-refractivity contribution in [1.29, 1.82) is 0 Å². The molecule has 0 radical (unpaired) electrons. The Morgan fingerprint density at radius 1 is 1.26 bits per heavy atom. The van der Waals surface area contributed by atoms with E-state index in [0.717, 1.165) is 12.1 Å². The molecular weight excluding hydrogens is 323 g/mol. The van der Waals surface area contributed by atoms with Crippen LogP contribution in [0.5, 0.6) is 0 Å². The zero-order valence-corrected chi connectivity index (χ0v) is 13.7. The number of nitrogens with zero attached hydrogens (tertiary/aromatic N) is 1. The van der Waals surface area contributed by atoms with Gasteiger partial charge < -0.3 is 15.8 Å². The summed E-state index contributed by atoms with van der Waals surface area (Å²) in [6, 6.07) is 4.68. The van der Waals surface area contributed by atoms with E-state index in [9.17, 15) is 18.5 Å². The van der Waals surface area contributed by atoms with Crippen LogP contribution in [0.25, 0.3) is 0 Å². The van der Waals surface area contributed by atoms with Gasteiger partial charge in [-0.1, -0.05) is 12.8 Å². The highest BCUT2D eigenvalue weighted by Crippen LogP contribution is 2.22. The minimum atomic E-state index is -3.66. The maximum atomic E-state index is 12.3. The molecule has 0 aliphatic carbocycles. The van der Waals surface area contributed by atoms with Crippen molar-refractivity contribution in [2.45, 2.75) is 42.9 Å². The molecule has 0 aliphatic rings. The molecule has 1 rings (SSSR count). The van der Waals surface area contributed by atoms with Crippen molar-refractivity contribution in [2.24, 2.45) is 5.73 Å². The molecule has 0 aliphatic heterocycles. The number of nitrogens with two attached hydrogens (primary N) is 1. The van der Waals surface area contributed by atoms with E-state index in [-0.39, 0.29) is 22.7 Å². The summed E-state index contributed by atoms with van der Waals surface area (Å²) in [7, 11) is -5.03. The Labute approximate surface area is 135 Å². The maximum absolute atomic E-state index is 12.3. The van der Waals surface area contributed by atoms with E-state index in [2.05, 4.69) is 0 Å². The number of benzene rings is 1. The molecule has 10 heteroatoms. The number of non-ortho nitro benzene ring substituents is 1. The Balaban J connectivity index is 2.70. The van der Waals surface area contributed by atoms with E-state index in [0.29, 0.717) is 19.3 Å². The molecule has 23 heavy (non-hydrogen) atoms. The average Bonchev–Trinajstić information content (AvgIpc) is 2.42. The third-order valence-electron chi connectivity index (χ3n) is 3.39. The minimum absolute atomic E-state index is 0.00874. The van der Waals surface area contributed by atoms with Crippen molar-refractivity contribution in [2.75, 3.05) is 5.75 Å². The Morgan fingerprint density at radius 2 is 1.83 bits per heavy atom. The summed E-state index contributed by atoms with van der Waals surface area (Å²) in [4.78, 5) is 9.98. The van der Waals surface area contributed by atoms with Crippen LogP contribution in [0.1, 0.15) is 26.2 Å². The highest BCUT2D eigenvalue weighted by Gasteiger charge is 2.28. The molecule has 0 amide bonds. The van der Waals surface area contributed by atoms with Gasteiger partial charge in [-0.05, 0) is 31.8 Å². The van der Waals surface area contributed by atoms with E-state index < -0.39 is 27.4 Å². The van der Waals surface area contributed by atoms with Gasteiger partial charge in [-0.15, -0.1) is 0 Å². The third kappa shape index (κ3) is 6.65. The number of hydrogen-bond acceptors (Lipinski definition) is 7. The Kier molecular flexibility index (Phi) is 6.69. The Hall–Kier alpha value is -1.49. The smallest absolute Gasteiger partial charge is 0.427 e. The fourth-order valence-corrected chi connectivity index (χ4v) is 3.95. The molecule has 1 unspecified atom stereocenters. The monoisotopic (exact) mass is 344 g/mol. The molecule has 1 aromatic carbocycles. The fourth-order valence-electron chi connectivity index (χ4n) is 2.22. The molecule has 0 saturated carbocycles. The summed E-state index contributed by atoms with van der Waals surface area (Å²) in [5, 5.41) is 28.1. The second kappa shape index (κ2) is 7.87. The van der Waals surface area contributed by atoms with Crippen LogP contribution >= 0.6 is 0 Å². The van der Waals surface area contributed by atoms with Gasteiger partial charge in [0.15, 0.2) is 9.84 Å². The summed E-state index contributed by atoms with van der Waals surface area (Å²) in [5.41, 5.74) is 4.87. The highest BCUT2D eigenvalue weighted by atomic mass is 32.2. The molecular formula is C13H21BN2O6S. The molecule has 1 atom stereocenters. The SMILES string of the molecule is CC(N)(CCCCB(O)O)CS(=O)(=O)c1ccc([N+](=O)[O-])cc1. The van der Waals surface area contributed by atoms with Crippen molar-refractivity contribution in [1.82, 2.24) is 0 Å². The maximum Gasteiger partial charge on any atom is 0.451 e. The normalized spacial score (nSPS) is 14.3. The first kappa shape index (κ1) is 19.6. The topological polar surface area (TPSA) is 144 Å².